The lowest BCUT2D eigenvalue weighted by atomic mass is 9.68. The van der Waals surface area contributed by atoms with E-state index in [0.717, 1.165) is 32.5 Å². The fourth-order valence-corrected chi connectivity index (χ4v) is 4.24. The standard InChI is InChI=1S/C25H32N2O3/c1-20(26)23(24(28)29-2)19-30-18-17-27-15-13-25(14-16-27,21-9-5-3-6-10-21)22-11-7-4-8-12-22/h3-12H,13-19,26H2,1-2H3/b23-20-. The van der Waals surface area contributed by atoms with Crippen LogP contribution >= 0.6 is 0 Å². The van der Waals surface area contributed by atoms with Gasteiger partial charge in [0, 0.05) is 17.7 Å². The van der Waals surface area contributed by atoms with Gasteiger partial charge in [-0.15, -0.1) is 0 Å². The number of nitrogens with zero attached hydrogens (tertiary/aromatic N) is 1. The van der Waals surface area contributed by atoms with Crippen LogP contribution in [0.25, 0.3) is 0 Å². The average molecular weight is 409 g/mol. The van der Waals surface area contributed by atoms with Crippen LogP contribution in [0, 0.1) is 0 Å². The highest BCUT2D eigenvalue weighted by Gasteiger charge is 2.37. The molecule has 5 heteroatoms. The van der Waals surface area contributed by atoms with Gasteiger partial charge in [0.1, 0.15) is 0 Å². The largest absolute Gasteiger partial charge is 0.466 e. The summed E-state index contributed by atoms with van der Waals surface area (Å²) in [6.07, 6.45) is 2.13. The van der Waals surface area contributed by atoms with Crippen LogP contribution in [0.1, 0.15) is 30.9 Å². The SMILES string of the molecule is COC(=O)/C(COCCN1CCC(c2ccccc2)(c2ccccc2)CC1)=C(/C)N. The van der Waals surface area contributed by atoms with Crippen LogP contribution in [0.15, 0.2) is 71.9 Å². The summed E-state index contributed by atoms with van der Waals surface area (Å²) in [7, 11) is 1.35. The second kappa shape index (κ2) is 10.4. The van der Waals surface area contributed by atoms with Crippen molar-refractivity contribution in [2.24, 2.45) is 5.73 Å². The molecule has 2 aromatic carbocycles. The Labute approximate surface area is 179 Å². The molecule has 1 aliphatic heterocycles. The number of hydrogen-bond acceptors (Lipinski definition) is 5. The lowest BCUT2D eigenvalue weighted by Crippen LogP contribution is -2.44. The van der Waals surface area contributed by atoms with Gasteiger partial charge in [-0.1, -0.05) is 60.7 Å². The minimum absolute atomic E-state index is 0.0529. The van der Waals surface area contributed by atoms with Crippen LogP contribution in [-0.2, 0) is 19.7 Å². The highest BCUT2D eigenvalue weighted by atomic mass is 16.5. The van der Waals surface area contributed by atoms with E-state index in [2.05, 4.69) is 65.6 Å². The van der Waals surface area contributed by atoms with Crippen molar-refractivity contribution in [2.75, 3.05) is 40.0 Å². The van der Waals surface area contributed by atoms with Gasteiger partial charge >= 0.3 is 5.97 Å². The Morgan fingerprint density at radius 2 is 1.53 bits per heavy atom. The zero-order chi connectivity index (χ0) is 21.4. The summed E-state index contributed by atoms with van der Waals surface area (Å²) in [6.45, 7) is 5.26. The van der Waals surface area contributed by atoms with Crippen molar-refractivity contribution in [2.45, 2.75) is 25.2 Å². The number of allylic oxidation sites excluding steroid dienone is 1. The molecule has 0 aromatic heterocycles. The molecule has 3 rings (SSSR count). The van der Waals surface area contributed by atoms with E-state index in [1.807, 2.05) is 0 Å². The van der Waals surface area contributed by atoms with Crippen LogP contribution in [0.4, 0.5) is 0 Å². The highest BCUT2D eigenvalue weighted by Crippen LogP contribution is 2.41. The molecule has 5 nitrogen and oxygen atoms in total. The summed E-state index contributed by atoms with van der Waals surface area (Å²) in [5.41, 5.74) is 9.43. The molecule has 30 heavy (non-hydrogen) atoms. The first-order chi connectivity index (χ1) is 14.6. The smallest absolute Gasteiger partial charge is 0.337 e. The van der Waals surface area contributed by atoms with Gasteiger partial charge in [0.15, 0.2) is 0 Å². The maximum absolute atomic E-state index is 11.7. The normalized spacial score (nSPS) is 17.3. The van der Waals surface area contributed by atoms with E-state index in [-0.39, 0.29) is 12.0 Å². The maximum atomic E-state index is 11.7. The summed E-state index contributed by atoms with van der Waals surface area (Å²) < 4.78 is 10.5. The Hall–Kier alpha value is -2.63. The van der Waals surface area contributed by atoms with Crippen molar-refractivity contribution in [1.82, 2.24) is 4.90 Å². The predicted molar refractivity (Wildman–Crippen MR) is 119 cm³/mol. The molecule has 0 atom stereocenters. The summed E-state index contributed by atoms with van der Waals surface area (Å²) in [4.78, 5) is 14.2. The van der Waals surface area contributed by atoms with Gasteiger partial charge in [-0.25, -0.2) is 4.79 Å². The van der Waals surface area contributed by atoms with Crippen LogP contribution in [0.3, 0.4) is 0 Å². The van der Waals surface area contributed by atoms with Crippen molar-refractivity contribution in [3.05, 3.63) is 83.1 Å². The number of esters is 1. The summed E-state index contributed by atoms with van der Waals surface area (Å²) >= 11 is 0. The third-order valence-electron chi connectivity index (χ3n) is 6.07. The van der Waals surface area contributed by atoms with E-state index >= 15 is 0 Å². The molecule has 0 aliphatic carbocycles. The molecule has 0 amide bonds. The third kappa shape index (κ3) is 5.10. The molecule has 1 heterocycles. The van der Waals surface area contributed by atoms with E-state index < -0.39 is 5.97 Å². The van der Waals surface area contributed by atoms with E-state index in [9.17, 15) is 4.79 Å². The first-order valence-corrected chi connectivity index (χ1v) is 10.5. The molecule has 1 aliphatic rings. The molecule has 0 spiro atoms. The molecule has 1 saturated heterocycles. The van der Waals surface area contributed by atoms with E-state index in [0.29, 0.717) is 17.9 Å². The monoisotopic (exact) mass is 408 g/mol. The molecule has 0 bridgehead atoms. The van der Waals surface area contributed by atoms with Crippen LogP contribution in [0.2, 0.25) is 0 Å². The first kappa shape index (κ1) is 22.1. The molecular formula is C25H32N2O3. The number of nitrogens with two attached hydrogens (primary N) is 1. The lowest BCUT2D eigenvalue weighted by molar-refractivity contribution is -0.136. The van der Waals surface area contributed by atoms with Gasteiger partial charge in [-0.2, -0.15) is 0 Å². The molecule has 0 unspecified atom stereocenters. The number of carbonyl (C=O) groups is 1. The van der Waals surface area contributed by atoms with Crippen molar-refractivity contribution in [3.63, 3.8) is 0 Å². The number of hydrogen-bond donors (Lipinski definition) is 1. The first-order valence-electron chi connectivity index (χ1n) is 10.5. The molecule has 2 aromatic rings. The van der Waals surface area contributed by atoms with Crippen molar-refractivity contribution >= 4 is 5.97 Å². The Morgan fingerprint density at radius 3 is 2.00 bits per heavy atom. The number of methoxy groups -OCH3 is 1. The number of benzene rings is 2. The minimum Gasteiger partial charge on any atom is -0.466 e. The average Bonchev–Trinajstić information content (AvgIpc) is 2.80. The summed E-state index contributed by atoms with van der Waals surface area (Å²) in [5, 5.41) is 0. The Morgan fingerprint density at radius 1 is 1.00 bits per heavy atom. The third-order valence-corrected chi connectivity index (χ3v) is 6.07. The Balaban J connectivity index is 1.59. The van der Waals surface area contributed by atoms with Gasteiger partial charge in [-0.05, 0) is 44.0 Å². The predicted octanol–water partition coefficient (Wildman–Crippen LogP) is 3.49. The Kier molecular flexibility index (Phi) is 7.66. The van der Waals surface area contributed by atoms with Gasteiger partial charge in [0.25, 0.3) is 0 Å². The van der Waals surface area contributed by atoms with Crippen molar-refractivity contribution in [1.29, 1.82) is 0 Å². The van der Waals surface area contributed by atoms with Gasteiger partial charge in [0.2, 0.25) is 0 Å². The second-order valence-corrected chi connectivity index (χ2v) is 7.86. The fraction of sp³-hybridized carbons (Fsp3) is 0.400. The van der Waals surface area contributed by atoms with Crippen molar-refractivity contribution < 1.29 is 14.3 Å². The van der Waals surface area contributed by atoms with Gasteiger partial charge in [-0.3, -0.25) is 0 Å². The number of piperidine rings is 1. The van der Waals surface area contributed by atoms with Crippen LogP contribution in [-0.4, -0.2) is 50.8 Å². The molecule has 160 valence electrons. The van der Waals surface area contributed by atoms with Gasteiger partial charge in [0.05, 0.1) is 25.9 Å². The topological polar surface area (TPSA) is 64.8 Å². The number of carbonyl (C=O) groups excluding carboxylic acids is 1. The zero-order valence-corrected chi connectivity index (χ0v) is 18.0. The summed E-state index contributed by atoms with van der Waals surface area (Å²) in [6, 6.07) is 21.7. The Bertz CT molecular complexity index is 796. The van der Waals surface area contributed by atoms with E-state index in [4.69, 9.17) is 15.2 Å². The fourth-order valence-electron chi connectivity index (χ4n) is 4.24. The van der Waals surface area contributed by atoms with Crippen LogP contribution < -0.4 is 5.73 Å². The molecule has 1 fully saturated rings. The number of likely N-dealkylation sites (tertiary alicyclic amines) is 1. The molecule has 2 N–H and O–H groups in total. The number of ether oxygens (including phenoxy) is 2. The minimum atomic E-state index is -0.427. The van der Waals surface area contributed by atoms with Crippen LogP contribution in [0.5, 0.6) is 0 Å². The quantitative estimate of drug-likeness (QED) is 0.412. The lowest BCUT2D eigenvalue weighted by Gasteiger charge is -2.43. The van der Waals surface area contributed by atoms with E-state index in [1.54, 1.807) is 6.92 Å². The second-order valence-electron chi connectivity index (χ2n) is 7.86. The molecule has 0 radical (unpaired) electrons. The summed E-state index contributed by atoms with van der Waals surface area (Å²) in [5.74, 6) is -0.427. The van der Waals surface area contributed by atoms with Crippen molar-refractivity contribution in [3.8, 4) is 0 Å². The molecular weight excluding hydrogens is 376 g/mol. The van der Waals surface area contributed by atoms with E-state index in [1.165, 1.54) is 18.2 Å². The zero-order valence-electron chi connectivity index (χ0n) is 18.0. The maximum Gasteiger partial charge on any atom is 0.337 e. The highest BCUT2D eigenvalue weighted by molar-refractivity contribution is 5.89. The number of rotatable bonds is 8. The molecule has 0 saturated carbocycles. The van der Waals surface area contributed by atoms with Gasteiger partial charge < -0.3 is 20.1 Å².